The average Bonchev–Trinajstić information content (AvgIpc) is 2.38. The Bertz CT molecular complexity index is 578. The van der Waals surface area contributed by atoms with Gasteiger partial charge in [0.15, 0.2) is 5.82 Å². The van der Waals surface area contributed by atoms with E-state index in [1.165, 1.54) is 12.3 Å². The van der Waals surface area contributed by atoms with E-state index in [9.17, 15) is 13.2 Å². The molecule has 0 bridgehead atoms. The van der Waals surface area contributed by atoms with Crippen molar-refractivity contribution in [2.75, 3.05) is 18.5 Å². The summed E-state index contributed by atoms with van der Waals surface area (Å²) in [5, 5.41) is 2.58. The molecule has 112 valence electrons. The number of hydrogen-bond acceptors (Lipinski definition) is 6. The van der Waals surface area contributed by atoms with Crippen molar-refractivity contribution in [3.63, 3.8) is 0 Å². The van der Waals surface area contributed by atoms with E-state index < -0.39 is 10.0 Å². The molecule has 0 radical (unpaired) electrons. The van der Waals surface area contributed by atoms with Gasteiger partial charge < -0.3 is 10.7 Å². The van der Waals surface area contributed by atoms with Crippen molar-refractivity contribution in [1.82, 2.24) is 15.0 Å². The van der Waals surface area contributed by atoms with Gasteiger partial charge in [-0.2, -0.15) is 0 Å². The molecule has 10 heteroatoms. The second-order valence-electron chi connectivity index (χ2n) is 3.75. The molecule has 0 saturated heterocycles. The van der Waals surface area contributed by atoms with Crippen molar-refractivity contribution in [3.05, 3.63) is 16.7 Å². The third-order valence-corrected chi connectivity index (χ3v) is 4.17. The van der Waals surface area contributed by atoms with Crippen molar-refractivity contribution in [2.24, 2.45) is 5.84 Å². The van der Waals surface area contributed by atoms with Crippen molar-refractivity contribution < 1.29 is 13.2 Å². The van der Waals surface area contributed by atoms with Crippen LogP contribution in [0.3, 0.4) is 0 Å². The highest BCUT2D eigenvalue weighted by Crippen LogP contribution is 2.21. The number of rotatable bonds is 7. The SMILES string of the molecule is CCNC(=O)CCNS(=O)(=O)c1cc(Br)cnc1NN. The van der Waals surface area contributed by atoms with Gasteiger partial charge in [0.1, 0.15) is 4.90 Å². The summed E-state index contributed by atoms with van der Waals surface area (Å²) in [6.07, 6.45) is 1.47. The first kappa shape index (κ1) is 16.8. The zero-order valence-corrected chi connectivity index (χ0v) is 13.2. The van der Waals surface area contributed by atoms with Gasteiger partial charge in [-0.15, -0.1) is 0 Å². The average molecular weight is 366 g/mol. The number of nitrogens with zero attached hydrogens (tertiary/aromatic N) is 1. The number of halogens is 1. The molecule has 0 aliphatic heterocycles. The van der Waals surface area contributed by atoms with Crippen molar-refractivity contribution >= 4 is 37.7 Å². The van der Waals surface area contributed by atoms with Gasteiger partial charge in [-0.25, -0.2) is 24.0 Å². The van der Waals surface area contributed by atoms with E-state index in [0.29, 0.717) is 11.0 Å². The molecule has 1 aromatic heterocycles. The van der Waals surface area contributed by atoms with Crippen molar-refractivity contribution in [1.29, 1.82) is 0 Å². The maximum Gasteiger partial charge on any atom is 0.244 e. The number of hydrazine groups is 1. The molecule has 1 rings (SSSR count). The van der Waals surface area contributed by atoms with E-state index in [-0.39, 0.29) is 29.6 Å². The molecule has 0 fully saturated rings. The number of hydrogen-bond donors (Lipinski definition) is 4. The molecule has 0 spiro atoms. The number of aromatic nitrogens is 1. The van der Waals surface area contributed by atoms with Gasteiger partial charge in [0, 0.05) is 30.2 Å². The molecular weight excluding hydrogens is 350 g/mol. The summed E-state index contributed by atoms with van der Waals surface area (Å²) < 4.78 is 27.0. The number of anilines is 1. The van der Waals surface area contributed by atoms with Gasteiger partial charge in [-0.3, -0.25) is 4.79 Å². The fraction of sp³-hybridized carbons (Fsp3) is 0.400. The van der Waals surface area contributed by atoms with Gasteiger partial charge >= 0.3 is 0 Å². The van der Waals surface area contributed by atoms with Crippen LogP contribution in [-0.2, 0) is 14.8 Å². The molecule has 0 aromatic carbocycles. The van der Waals surface area contributed by atoms with Crippen LogP contribution in [0, 0.1) is 0 Å². The van der Waals surface area contributed by atoms with Crippen LogP contribution in [-0.4, -0.2) is 32.4 Å². The Kier molecular flexibility index (Phi) is 6.33. The van der Waals surface area contributed by atoms with Gasteiger partial charge in [-0.05, 0) is 28.9 Å². The summed E-state index contributed by atoms with van der Waals surface area (Å²) in [5.41, 5.74) is 2.22. The molecule has 1 amide bonds. The lowest BCUT2D eigenvalue weighted by Crippen LogP contribution is -2.31. The van der Waals surface area contributed by atoms with Crippen molar-refractivity contribution in [2.45, 2.75) is 18.2 Å². The topological polar surface area (TPSA) is 126 Å². The Labute approximate surface area is 125 Å². The smallest absolute Gasteiger partial charge is 0.244 e. The van der Waals surface area contributed by atoms with Crippen molar-refractivity contribution in [3.8, 4) is 0 Å². The summed E-state index contributed by atoms with van der Waals surface area (Å²) in [7, 11) is -3.80. The third kappa shape index (κ3) is 4.71. The predicted molar refractivity (Wildman–Crippen MR) is 78.2 cm³/mol. The number of nitrogens with one attached hydrogen (secondary N) is 3. The van der Waals surface area contributed by atoms with E-state index in [4.69, 9.17) is 5.84 Å². The fourth-order valence-electron chi connectivity index (χ4n) is 1.40. The molecule has 0 aliphatic carbocycles. The Morgan fingerprint density at radius 3 is 2.80 bits per heavy atom. The maximum absolute atomic E-state index is 12.1. The number of carbonyl (C=O) groups excluding carboxylic acids is 1. The summed E-state index contributed by atoms with van der Waals surface area (Å²) in [6, 6.07) is 1.37. The number of pyridine rings is 1. The van der Waals surface area contributed by atoms with E-state index in [2.05, 4.69) is 36.4 Å². The number of carbonyl (C=O) groups is 1. The second kappa shape index (κ2) is 7.53. The maximum atomic E-state index is 12.1. The van der Waals surface area contributed by atoms with Crippen LogP contribution in [0.5, 0.6) is 0 Å². The minimum atomic E-state index is -3.80. The molecular formula is C10H16BrN5O3S. The number of nitrogens with two attached hydrogens (primary N) is 1. The zero-order chi connectivity index (χ0) is 15.2. The predicted octanol–water partition coefficient (Wildman–Crippen LogP) is -0.0658. The fourth-order valence-corrected chi connectivity index (χ4v) is 3.05. The molecule has 0 atom stereocenters. The molecule has 8 nitrogen and oxygen atoms in total. The first-order chi connectivity index (χ1) is 9.40. The minimum Gasteiger partial charge on any atom is -0.356 e. The molecule has 0 unspecified atom stereocenters. The molecule has 0 aliphatic rings. The molecule has 5 N–H and O–H groups in total. The summed E-state index contributed by atoms with van der Waals surface area (Å²) in [6.45, 7) is 2.28. The van der Waals surface area contributed by atoms with Crippen LogP contribution in [0.15, 0.2) is 21.6 Å². The van der Waals surface area contributed by atoms with E-state index in [0.717, 1.165) is 0 Å². The summed E-state index contributed by atoms with van der Waals surface area (Å²) in [4.78, 5) is 15.0. The quantitative estimate of drug-likeness (QED) is 0.395. The lowest BCUT2D eigenvalue weighted by molar-refractivity contribution is -0.120. The van der Waals surface area contributed by atoms with E-state index in [1.807, 2.05) is 0 Å². The first-order valence-corrected chi connectivity index (χ1v) is 8.07. The van der Waals surface area contributed by atoms with E-state index in [1.54, 1.807) is 6.92 Å². The van der Waals surface area contributed by atoms with Crippen LogP contribution < -0.4 is 21.3 Å². The number of amides is 1. The van der Waals surface area contributed by atoms with Gasteiger partial charge in [0.2, 0.25) is 15.9 Å². The lowest BCUT2D eigenvalue weighted by Gasteiger charge is -2.10. The highest BCUT2D eigenvalue weighted by Gasteiger charge is 2.19. The minimum absolute atomic E-state index is 0.00923. The Morgan fingerprint density at radius 1 is 1.50 bits per heavy atom. The normalized spacial score (nSPS) is 11.2. The monoisotopic (exact) mass is 365 g/mol. The van der Waals surface area contributed by atoms with Crippen LogP contribution in [0.4, 0.5) is 5.82 Å². The van der Waals surface area contributed by atoms with Gasteiger partial charge in [0.05, 0.1) is 0 Å². The van der Waals surface area contributed by atoms with Crippen LogP contribution >= 0.6 is 15.9 Å². The van der Waals surface area contributed by atoms with Gasteiger partial charge in [-0.1, -0.05) is 0 Å². The van der Waals surface area contributed by atoms with Crippen LogP contribution in [0.1, 0.15) is 13.3 Å². The largest absolute Gasteiger partial charge is 0.356 e. The Morgan fingerprint density at radius 2 is 2.20 bits per heavy atom. The molecule has 20 heavy (non-hydrogen) atoms. The van der Waals surface area contributed by atoms with Gasteiger partial charge in [0.25, 0.3) is 0 Å². The number of sulfonamides is 1. The van der Waals surface area contributed by atoms with Crippen LogP contribution in [0.25, 0.3) is 0 Å². The first-order valence-electron chi connectivity index (χ1n) is 5.79. The Hall–Kier alpha value is -1.23. The summed E-state index contributed by atoms with van der Waals surface area (Å²) in [5.74, 6) is 5.03. The summed E-state index contributed by atoms with van der Waals surface area (Å²) >= 11 is 3.14. The zero-order valence-electron chi connectivity index (χ0n) is 10.8. The molecule has 1 aromatic rings. The standard InChI is InChI=1S/C10H16BrN5O3S/c1-2-13-9(17)3-4-15-20(18,19)8-5-7(11)6-14-10(8)16-12/h5-6,15H,2-4,12H2,1H3,(H,13,17)(H,14,16). The highest BCUT2D eigenvalue weighted by atomic mass is 79.9. The number of nitrogen functional groups attached to an aromatic ring is 1. The molecule has 0 saturated carbocycles. The Balaban J connectivity index is 2.79. The molecule has 1 heterocycles. The highest BCUT2D eigenvalue weighted by molar-refractivity contribution is 9.10. The van der Waals surface area contributed by atoms with E-state index >= 15 is 0 Å². The van der Waals surface area contributed by atoms with Crippen LogP contribution in [0.2, 0.25) is 0 Å². The third-order valence-electron chi connectivity index (χ3n) is 2.26. The lowest BCUT2D eigenvalue weighted by atomic mass is 10.4. The second-order valence-corrected chi connectivity index (χ2v) is 6.40.